The van der Waals surface area contributed by atoms with Crippen molar-refractivity contribution >= 4 is 12.1 Å². The van der Waals surface area contributed by atoms with Gasteiger partial charge in [-0.2, -0.15) is 27.1 Å². The van der Waals surface area contributed by atoms with E-state index in [9.17, 15) is 26.7 Å². The molecule has 0 aliphatic carbocycles. The molecule has 0 aliphatic rings. The first-order chi connectivity index (χ1) is 8.54. The monoisotopic (exact) mass is 288 g/mol. The number of aldehydes is 1. The van der Waals surface area contributed by atoms with Gasteiger partial charge >= 0.3 is 12.1 Å². The number of anilines is 1. The number of halogens is 5. The van der Waals surface area contributed by atoms with Gasteiger partial charge in [-0.15, -0.1) is 0 Å². The Hall–Kier alpha value is -1.71. The maximum Gasteiger partial charge on any atom is 0.459 e. The van der Waals surface area contributed by atoms with E-state index in [1.165, 1.54) is 0 Å². The third kappa shape index (κ3) is 3.40. The van der Waals surface area contributed by atoms with Crippen LogP contribution in [0.4, 0.5) is 27.8 Å². The Morgan fingerprint density at radius 3 is 2.00 bits per heavy atom. The Balaban J connectivity index is 0.000000982. The van der Waals surface area contributed by atoms with Gasteiger partial charge in [-0.25, -0.2) is 0 Å². The second kappa shape index (κ2) is 5.95. The maximum atomic E-state index is 12.9. The van der Waals surface area contributed by atoms with E-state index in [-0.39, 0.29) is 6.29 Å². The van der Waals surface area contributed by atoms with Crippen molar-refractivity contribution in [1.82, 2.24) is 15.1 Å². The van der Waals surface area contributed by atoms with Crippen molar-refractivity contribution in [2.45, 2.75) is 12.1 Å². The lowest BCUT2D eigenvalue weighted by Crippen LogP contribution is -2.35. The van der Waals surface area contributed by atoms with E-state index in [2.05, 4.69) is 10.4 Å². The Morgan fingerprint density at radius 1 is 1.26 bits per heavy atom. The first kappa shape index (κ1) is 17.3. The Morgan fingerprint density at radius 2 is 1.68 bits per heavy atom. The zero-order chi connectivity index (χ0) is 15.4. The van der Waals surface area contributed by atoms with Crippen molar-refractivity contribution < 1.29 is 26.7 Å². The molecule has 0 saturated carbocycles. The molecule has 19 heavy (non-hydrogen) atoms. The summed E-state index contributed by atoms with van der Waals surface area (Å²) in [4.78, 5) is 10.4. The van der Waals surface area contributed by atoms with Gasteiger partial charge in [-0.1, -0.05) is 0 Å². The van der Waals surface area contributed by atoms with Gasteiger partial charge in [-0.05, 0) is 14.1 Å². The van der Waals surface area contributed by atoms with Gasteiger partial charge in [0.05, 0.1) is 5.56 Å². The van der Waals surface area contributed by atoms with Crippen LogP contribution in [0.15, 0.2) is 0 Å². The summed E-state index contributed by atoms with van der Waals surface area (Å²) < 4.78 is 62.4. The molecule has 10 heteroatoms. The number of rotatable bonds is 2. The number of nitrogens with two attached hydrogens (primary N) is 1. The summed E-state index contributed by atoms with van der Waals surface area (Å²) in [6.45, 7) is 0. The van der Waals surface area contributed by atoms with Crippen molar-refractivity contribution in [1.29, 1.82) is 0 Å². The highest BCUT2D eigenvalue weighted by Crippen LogP contribution is 2.44. The maximum absolute atomic E-state index is 12.9. The number of carbonyl (C=O) groups is 1. The molecule has 0 bridgehead atoms. The van der Waals surface area contributed by atoms with E-state index in [1.54, 1.807) is 0 Å². The van der Waals surface area contributed by atoms with E-state index in [1.807, 2.05) is 14.1 Å². The standard InChI is InChI=1S/C7H6F5N3O.C2H7N/c1-15-5(13)3(2-16)4(14-15)6(8,9)7(10,11)12;1-3-2/h2H,13H2,1H3;3H,1-2H3. The van der Waals surface area contributed by atoms with E-state index in [0.29, 0.717) is 4.68 Å². The van der Waals surface area contributed by atoms with Crippen LogP contribution in [0.25, 0.3) is 0 Å². The second-order valence-electron chi connectivity index (χ2n) is 3.46. The van der Waals surface area contributed by atoms with Crippen LogP contribution in [0.1, 0.15) is 16.1 Å². The normalized spacial score (nSPS) is 11.8. The SMILES string of the molecule is CNC.Cn1nc(C(F)(F)C(F)(F)F)c(C=O)c1N. The van der Waals surface area contributed by atoms with Gasteiger partial charge in [0.2, 0.25) is 0 Å². The summed E-state index contributed by atoms with van der Waals surface area (Å²) in [5.41, 5.74) is 2.48. The van der Waals surface area contributed by atoms with Crippen molar-refractivity contribution in [3.8, 4) is 0 Å². The fraction of sp³-hybridized carbons (Fsp3) is 0.556. The number of nitrogen functional groups attached to an aromatic ring is 1. The van der Waals surface area contributed by atoms with Crippen LogP contribution in [0.2, 0.25) is 0 Å². The molecule has 0 amide bonds. The molecule has 1 aromatic heterocycles. The Bertz CT molecular complexity index is 441. The van der Waals surface area contributed by atoms with Crippen molar-refractivity contribution in [3.05, 3.63) is 11.3 Å². The lowest BCUT2D eigenvalue weighted by Gasteiger charge is -2.17. The van der Waals surface area contributed by atoms with E-state index in [4.69, 9.17) is 5.73 Å². The molecule has 0 atom stereocenters. The van der Waals surface area contributed by atoms with Crippen molar-refractivity contribution in [3.63, 3.8) is 0 Å². The quantitative estimate of drug-likeness (QED) is 0.635. The van der Waals surface area contributed by atoms with Crippen LogP contribution in [0.5, 0.6) is 0 Å². The highest BCUT2D eigenvalue weighted by molar-refractivity contribution is 5.84. The van der Waals surface area contributed by atoms with Crippen LogP contribution in [-0.2, 0) is 13.0 Å². The highest BCUT2D eigenvalue weighted by Gasteiger charge is 2.61. The van der Waals surface area contributed by atoms with Gasteiger partial charge in [0.1, 0.15) is 5.82 Å². The first-order valence-corrected chi connectivity index (χ1v) is 4.85. The van der Waals surface area contributed by atoms with Crippen LogP contribution in [-0.4, -0.2) is 36.3 Å². The molecular formula is C9H13F5N4O. The summed E-state index contributed by atoms with van der Waals surface area (Å²) in [6, 6.07) is 0. The van der Waals surface area contributed by atoms with Gasteiger partial charge in [0, 0.05) is 7.05 Å². The molecule has 0 aliphatic heterocycles. The molecule has 1 aromatic rings. The molecule has 0 fully saturated rings. The summed E-state index contributed by atoms with van der Waals surface area (Å²) in [7, 11) is 4.80. The molecule has 0 spiro atoms. The lowest BCUT2D eigenvalue weighted by atomic mass is 10.1. The van der Waals surface area contributed by atoms with Crippen LogP contribution in [0.3, 0.4) is 0 Å². The summed E-state index contributed by atoms with van der Waals surface area (Å²) in [5, 5.41) is 5.66. The van der Waals surface area contributed by atoms with E-state index in [0.717, 1.165) is 7.05 Å². The number of carbonyl (C=O) groups excluding carboxylic acids is 1. The molecule has 1 rings (SSSR count). The molecule has 0 unspecified atom stereocenters. The molecule has 1 heterocycles. The van der Waals surface area contributed by atoms with Crippen molar-refractivity contribution in [2.75, 3.05) is 19.8 Å². The third-order valence-electron chi connectivity index (χ3n) is 1.90. The molecule has 110 valence electrons. The number of aromatic nitrogens is 2. The molecule has 0 aromatic carbocycles. The van der Waals surface area contributed by atoms with Gasteiger partial charge < -0.3 is 11.1 Å². The minimum atomic E-state index is -5.83. The van der Waals surface area contributed by atoms with E-state index >= 15 is 0 Å². The molecule has 5 nitrogen and oxygen atoms in total. The predicted molar refractivity (Wildman–Crippen MR) is 57.9 cm³/mol. The average molecular weight is 288 g/mol. The number of hydrogen-bond acceptors (Lipinski definition) is 4. The largest absolute Gasteiger partial charge is 0.459 e. The topological polar surface area (TPSA) is 72.9 Å². The third-order valence-corrected chi connectivity index (χ3v) is 1.90. The molecule has 3 N–H and O–H groups in total. The smallest absolute Gasteiger partial charge is 0.383 e. The zero-order valence-corrected chi connectivity index (χ0v) is 10.3. The Labute approximate surface area is 105 Å². The summed E-state index contributed by atoms with van der Waals surface area (Å²) in [5.74, 6) is -5.76. The molecule has 0 saturated heterocycles. The number of nitrogens with one attached hydrogen (secondary N) is 1. The highest BCUT2D eigenvalue weighted by atomic mass is 19.4. The zero-order valence-electron chi connectivity index (χ0n) is 10.3. The van der Waals surface area contributed by atoms with Crippen molar-refractivity contribution in [2.24, 2.45) is 7.05 Å². The summed E-state index contributed by atoms with van der Waals surface area (Å²) in [6.07, 6.45) is -6.01. The van der Waals surface area contributed by atoms with E-state index < -0.39 is 29.2 Å². The van der Waals surface area contributed by atoms with Gasteiger partial charge in [0.25, 0.3) is 0 Å². The van der Waals surface area contributed by atoms with Gasteiger partial charge in [-0.3, -0.25) is 9.48 Å². The fourth-order valence-corrected chi connectivity index (χ4v) is 1.04. The van der Waals surface area contributed by atoms with Crippen LogP contribution >= 0.6 is 0 Å². The first-order valence-electron chi connectivity index (χ1n) is 4.85. The average Bonchev–Trinajstić information content (AvgIpc) is 2.55. The van der Waals surface area contributed by atoms with Gasteiger partial charge in [0.15, 0.2) is 12.0 Å². The molecule has 0 radical (unpaired) electrons. The van der Waals surface area contributed by atoms with Crippen LogP contribution < -0.4 is 11.1 Å². The number of alkyl halides is 5. The number of aryl methyl sites for hydroxylation is 1. The van der Waals surface area contributed by atoms with Crippen LogP contribution in [0, 0.1) is 0 Å². The predicted octanol–water partition coefficient (Wildman–Crippen LogP) is 1.30. The Kier molecular flexibility index (Phi) is 5.42. The summed E-state index contributed by atoms with van der Waals surface area (Å²) >= 11 is 0. The fourth-order valence-electron chi connectivity index (χ4n) is 1.04. The molecular weight excluding hydrogens is 275 g/mol. The lowest BCUT2D eigenvalue weighted by molar-refractivity contribution is -0.291. The minimum absolute atomic E-state index is 0.183. The number of nitrogens with zero attached hydrogens (tertiary/aromatic N) is 2. The second-order valence-corrected chi connectivity index (χ2v) is 3.46. The number of hydrogen-bond donors (Lipinski definition) is 2. The minimum Gasteiger partial charge on any atom is -0.383 e.